The van der Waals surface area contributed by atoms with Gasteiger partial charge in [0.15, 0.2) is 0 Å². The van der Waals surface area contributed by atoms with Crippen molar-refractivity contribution in [3.05, 3.63) is 29.3 Å². The minimum Gasteiger partial charge on any atom is -1.00 e. The number of hydrogen-bond acceptors (Lipinski definition) is 4. The Hall–Kier alpha value is -0.294. The van der Waals surface area contributed by atoms with Gasteiger partial charge >= 0.3 is 63.3 Å². The van der Waals surface area contributed by atoms with Crippen LogP contribution in [0, 0.1) is 0 Å². The average Bonchev–Trinajstić information content (AvgIpc) is 2.15. The summed E-state index contributed by atoms with van der Waals surface area (Å²) in [6, 6.07) is 2.13. The molecular formula is C8H7KO7S. The zero-order chi connectivity index (χ0) is 12.5. The van der Waals surface area contributed by atoms with Gasteiger partial charge in [0.2, 0.25) is 0 Å². The van der Waals surface area contributed by atoms with E-state index >= 15 is 0 Å². The van der Waals surface area contributed by atoms with Crippen LogP contribution in [0.1, 0.15) is 22.1 Å². The molecule has 0 saturated carbocycles. The van der Waals surface area contributed by atoms with Gasteiger partial charge in [-0.2, -0.15) is 8.42 Å². The molecule has 7 nitrogen and oxygen atoms in total. The number of carboxylic acids is 2. The summed E-state index contributed by atoms with van der Waals surface area (Å²) in [6.07, 6.45) is 0. The fraction of sp³-hybridized carbons (Fsp3) is 0. The van der Waals surface area contributed by atoms with Gasteiger partial charge in [-0.25, -0.2) is 9.59 Å². The molecule has 0 amide bonds. The Morgan fingerprint density at radius 1 is 1.00 bits per heavy atom. The van der Waals surface area contributed by atoms with Crippen LogP contribution in [0.25, 0.3) is 0 Å². The molecule has 0 aromatic heterocycles. The molecule has 0 spiro atoms. The minimum absolute atomic E-state index is 0. The molecule has 1 rings (SSSR count). The summed E-state index contributed by atoms with van der Waals surface area (Å²) in [4.78, 5) is 20.4. The summed E-state index contributed by atoms with van der Waals surface area (Å²) in [7, 11) is -4.64. The molecule has 88 valence electrons. The predicted molar refractivity (Wildman–Crippen MR) is 51.3 cm³/mol. The summed E-state index contributed by atoms with van der Waals surface area (Å²) in [6.45, 7) is 0. The van der Waals surface area contributed by atoms with Crippen LogP contribution >= 0.6 is 0 Å². The van der Waals surface area contributed by atoms with Gasteiger partial charge in [0.25, 0.3) is 10.1 Å². The second-order valence-electron chi connectivity index (χ2n) is 2.83. The Labute approximate surface area is 140 Å². The maximum atomic E-state index is 10.8. The molecule has 9 heteroatoms. The Bertz CT molecular complexity index is 537. The molecule has 0 unspecified atom stereocenters. The van der Waals surface area contributed by atoms with Crippen molar-refractivity contribution in [3.63, 3.8) is 0 Å². The van der Waals surface area contributed by atoms with E-state index in [1.165, 1.54) is 0 Å². The molecule has 17 heavy (non-hydrogen) atoms. The van der Waals surface area contributed by atoms with Crippen LogP contribution in [0.3, 0.4) is 0 Å². The average molecular weight is 286 g/mol. The Kier molecular flexibility index (Phi) is 5.94. The Balaban J connectivity index is 0. The van der Waals surface area contributed by atoms with Crippen LogP contribution in [0.5, 0.6) is 0 Å². The number of rotatable bonds is 3. The molecule has 0 atom stereocenters. The van der Waals surface area contributed by atoms with Crippen molar-refractivity contribution >= 4 is 22.1 Å². The summed E-state index contributed by atoms with van der Waals surface area (Å²) in [5, 5.41) is 17.2. The summed E-state index contributed by atoms with van der Waals surface area (Å²) >= 11 is 0. The summed E-state index contributed by atoms with van der Waals surface area (Å²) in [5.41, 5.74) is -1.07. The fourth-order valence-electron chi connectivity index (χ4n) is 0.995. The first-order chi connectivity index (χ1) is 7.21. The molecule has 0 heterocycles. The zero-order valence-corrected chi connectivity index (χ0v) is 12.6. The number of hydrogen-bond donors (Lipinski definition) is 3. The molecule has 0 aliphatic rings. The van der Waals surface area contributed by atoms with Crippen LogP contribution in [0.2, 0.25) is 0 Å². The first kappa shape index (κ1) is 16.7. The van der Waals surface area contributed by atoms with Crippen molar-refractivity contribution in [1.29, 1.82) is 0 Å². The van der Waals surface area contributed by atoms with Gasteiger partial charge in [-0.3, -0.25) is 4.55 Å². The van der Waals surface area contributed by atoms with Crippen LogP contribution < -0.4 is 51.4 Å². The number of carboxylic acid groups (broad SMARTS) is 2. The van der Waals surface area contributed by atoms with E-state index in [0.717, 1.165) is 6.07 Å². The van der Waals surface area contributed by atoms with Crippen molar-refractivity contribution in [1.82, 2.24) is 0 Å². The quantitative estimate of drug-likeness (QED) is 0.412. The van der Waals surface area contributed by atoms with Gasteiger partial charge < -0.3 is 11.6 Å². The van der Waals surface area contributed by atoms with E-state index in [9.17, 15) is 18.0 Å². The molecule has 0 aliphatic heterocycles. The first-order valence-electron chi connectivity index (χ1n) is 3.81. The molecule has 0 fully saturated rings. The van der Waals surface area contributed by atoms with Crippen molar-refractivity contribution in [2.24, 2.45) is 0 Å². The fourth-order valence-corrected chi connectivity index (χ4v) is 1.55. The smallest absolute Gasteiger partial charge is 1.00 e. The SMILES string of the molecule is O=C(O)c1cc(C(=O)O)cc(S(=O)(=O)O)c1.[H-].[K+]. The largest absolute Gasteiger partial charge is 1.00 e. The first-order valence-corrected chi connectivity index (χ1v) is 5.25. The standard InChI is InChI=1S/C8H6O7S.K.H/c9-7(10)4-1-5(8(11)12)3-6(2-4)16(13,14)15;;/h1-3H,(H,9,10)(H,11,12)(H,13,14,15);;/q;+1;-1. The van der Waals surface area contributed by atoms with E-state index in [2.05, 4.69) is 0 Å². The molecule has 0 aliphatic carbocycles. The maximum absolute atomic E-state index is 10.8. The molecular weight excluding hydrogens is 279 g/mol. The maximum Gasteiger partial charge on any atom is 1.00 e. The number of aromatic carboxylic acids is 2. The normalized spacial score (nSPS) is 10.4. The van der Waals surface area contributed by atoms with Crippen molar-refractivity contribution in [2.75, 3.05) is 0 Å². The van der Waals surface area contributed by atoms with E-state index in [-0.39, 0.29) is 52.8 Å². The number of carbonyl (C=O) groups is 2. The summed E-state index contributed by atoms with van der Waals surface area (Å²) < 4.78 is 30.2. The van der Waals surface area contributed by atoms with Crippen LogP contribution in [-0.2, 0) is 10.1 Å². The van der Waals surface area contributed by atoms with E-state index in [1.54, 1.807) is 0 Å². The van der Waals surface area contributed by atoms with E-state index in [1.807, 2.05) is 0 Å². The third-order valence-corrected chi connectivity index (χ3v) is 2.53. The van der Waals surface area contributed by atoms with E-state index < -0.39 is 38.1 Å². The van der Waals surface area contributed by atoms with E-state index in [0.29, 0.717) is 12.1 Å². The molecule has 1 aromatic rings. The molecule has 0 bridgehead atoms. The van der Waals surface area contributed by atoms with Gasteiger partial charge in [-0.05, 0) is 18.2 Å². The third kappa shape index (κ3) is 4.47. The topological polar surface area (TPSA) is 129 Å². The molecule has 1 aromatic carbocycles. The van der Waals surface area contributed by atoms with Crippen LogP contribution in [0.15, 0.2) is 23.1 Å². The van der Waals surface area contributed by atoms with Gasteiger partial charge in [0.05, 0.1) is 16.0 Å². The van der Waals surface area contributed by atoms with Crippen molar-refractivity contribution in [2.45, 2.75) is 4.90 Å². The van der Waals surface area contributed by atoms with E-state index in [4.69, 9.17) is 14.8 Å². The van der Waals surface area contributed by atoms with Gasteiger partial charge in [0.1, 0.15) is 0 Å². The third-order valence-electron chi connectivity index (χ3n) is 1.70. The van der Waals surface area contributed by atoms with Crippen molar-refractivity contribution < 1.29 is 85.6 Å². The summed E-state index contributed by atoms with van der Waals surface area (Å²) in [5.74, 6) is -2.99. The van der Waals surface area contributed by atoms with Crippen molar-refractivity contribution in [3.8, 4) is 0 Å². The predicted octanol–water partition coefficient (Wildman–Crippen LogP) is -2.55. The Morgan fingerprint density at radius 2 is 1.35 bits per heavy atom. The van der Waals surface area contributed by atoms with Gasteiger partial charge in [-0.1, -0.05) is 0 Å². The monoisotopic (exact) mass is 286 g/mol. The second-order valence-corrected chi connectivity index (χ2v) is 4.25. The Morgan fingerprint density at radius 3 is 1.59 bits per heavy atom. The number of benzene rings is 1. The van der Waals surface area contributed by atoms with Gasteiger partial charge in [-0.15, -0.1) is 0 Å². The second kappa shape index (κ2) is 6.04. The van der Waals surface area contributed by atoms with Gasteiger partial charge in [0, 0.05) is 0 Å². The molecule has 3 N–H and O–H groups in total. The minimum atomic E-state index is -4.64. The zero-order valence-electron chi connectivity index (χ0n) is 9.61. The molecule has 0 radical (unpaired) electrons. The molecule has 0 saturated heterocycles. The van der Waals surface area contributed by atoms with Crippen LogP contribution in [0.4, 0.5) is 0 Å². The van der Waals surface area contributed by atoms with Crippen LogP contribution in [-0.4, -0.2) is 35.1 Å².